The van der Waals surface area contributed by atoms with E-state index in [1.807, 2.05) is 0 Å². The van der Waals surface area contributed by atoms with Gasteiger partial charge in [0, 0.05) is 24.3 Å². The first-order chi connectivity index (χ1) is 10.9. The number of piperidine rings is 1. The minimum Gasteiger partial charge on any atom is -0.353 e. The van der Waals surface area contributed by atoms with Gasteiger partial charge in [0.05, 0.1) is 0 Å². The van der Waals surface area contributed by atoms with Gasteiger partial charge in [0.25, 0.3) is 0 Å². The lowest BCUT2D eigenvalue weighted by Gasteiger charge is -2.59. The molecule has 128 valence electrons. The molecule has 0 aromatic heterocycles. The monoisotopic (exact) mass is 317 g/mol. The van der Waals surface area contributed by atoms with Crippen molar-refractivity contribution in [3.8, 4) is 0 Å². The van der Waals surface area contributed by atoms with E-state index in [1.165, 1.54) is 12.8 Å². The van der Waals surface area contributed by atoms with Gasteiger partial charge in [0.2, 0.25) is 5.91 Å². The van der Waals surface area contributed by atoms with Gasteiger partial charge in [-0.1, -0.05) is 27.2 Å². The SMILES string of the molecule is CC[C@@H]1CC(=O)[C@@]2(C)CC[C@H]3[C@@H](CC[C@H]4NC(=O)CC[C@@]43C)[C@H]12. The van der Waals surface area contributed by atoms with E-state index in [-0.39, 0.29) is 16.7 Å². The van der Waals surface area contributed by atoms with Crippen molar-refractivity contribution in [3.63, 3.8) is 0 Å². The summed E-state index contributed by atoms with van der Waals surface area (Å²) < 4.78 is 0. The fourth-order valence-electron chi connectivity index (χ4n) is 7.14. The van der Waals surface area contributed by atoms with Crippen molar-refractivity contribution in [1.82, 2.24) is 5.32 Å². The Bertz CT molecular complexity index is 544. The van der Waals surface area contributed by atoms with Crippen LogP contribution in [0.5, 0.6) is 0 Å². The molecule has 1 N–H and O–H groups in total. The van der Waals surface area contributed by atoms with Crippen molar-refractivity contribution in [2.24, 2.45) is 34.5 Å². The molecule has 4 rings (SSSR count). The van der Waals surface area contributed by atoms with Crippen molar-refractivity contribution >= 4 is 11.7 Å². The van der Waals surface area contributed by atoms with E-state index in [0.29, 0.717) is 41.9 Å². The molecular weight excluding hydrogens is 286 g/mol. The van der Waals surface area contributed by atoms with Gasteiger partial charge < -0.3 is 5.32 Å². The van der Waals surface area contributed by atoms with Gasteiger partial charge in [-0.25, -0.2) is 0 Å². The number of amides is 1. The molecule has 1 aliphatic heterocycles. The summed E-state index contributed by atoms with van der Waals surface area (Å²) >= 11 is 0. The van der Waals surface area contributed by atoms with Gasteiger partial charge in [-0.3, -0.25) is 9.59 Å². The summed E-state index contributed by atoms with van der Waals surface area (Å²) in [5.41, 5.74) is 0.199. The second-order valence-electron chi connectivity index (χ2n) is 9.25. The molecule has 4 fully saturated rings. The number of carbonyl (C=O) groups is 2. The van der Waals surface area contributed by atoms with E-state index < -0.39 is 0 Å². The van der Waals surface area contributed by atoms with Gasteiger partial charge in [-0.2, -0.15) is 0 Å². The van der Waals surface area contributed by atoms with Crippen molar-refractivity contribution in [1.29, 1.82) is 0 Å². The summed E-state index contributed by atoms with van der Waals surface area (Å²) in [5, 5.41) is 3.29. The Morgan fingerprint density at radius 1 is 1.13 bits per heavy atom. The van der Waals surface area contributed by atoms with Crippen LogP contribution in [0.2, 0.25) is 0 Å². The molecule has 3 nitrogen and oxygen atoms in total. The minimum atomic E-state index is -0.0526. The van der Waals surface area contributed by atoms with E-state index in [4.69, 9.17) is 0 Å². The maximum atomic E-state index is 12.7. The standard InChI is InChI=1S/C20H31NO2/c1-4-12-11-16(22)20(3)9-7-14-13(18(12)20)5-6-15-19(14,2)10-8-17(23)21-15/h12-15,18H,4-11H2,1-3H3,(H,21,23)/t12-,13-,14+,15-,18+,19-,20-/m1/s1. The summed E-state index contributed by atoms with van der Waals surface area (Å²) in [4.78, 5) is 24.6. The largest absolute Gasteiger partial charge is 0.353 e. The van der Waals surface area contributed by atoms with Crippen LogP contribution in [-0.4, -0.2) is 17.7 Å². The third-order valence-electron chi connectivity index (χ3n) is 8.46. The molecule has 0 radical (unpaired) electrons. The van der Waals surface area contributed by atoms with Crippen LogP contribution in [-0.2, 0) is 9.59 Å². The smallest absolute Gasteiger partial charge is 0.220 e. The first-order valence-electron chi connectivity index (χ1n) is 9.73. The Morgan fingerprint density at radius 2 is 1.91 bits per heavy atom. The topological polar surface area (TPSA) is 46.2 Å². The summed E-state index contributed by atoms with van der Waals surface area (Å²) in [6, 6.07) is 0.367. The lowest BCUT2D eigenvalue weighted by Crippen LogP contribution is -2.61. The van der Waals surface area contributed by atoms with Crippen molar-refractivity contribution in [2.45, 2.75) is 78.2 Å². The number of nitrogens with one attached hydrogen (secondary N) is 1. The van der Waals surface area contributed by atoms with Crippen LogP contribution in [0.15, 0.2) is 0 Å². The van der Waals surface area contributed by atoms with E-state index in [0.717, 1.165) is 32.1 Å². The summed E-state index contributed by atoms with van der Waals surface area (Å²) in [6.45, 7) is 6.96. The molecule has 4 aliphatic rings. The predicted octanol–water partition coefficient (Wildman–Crippen LogP) is 3.71. The molecule has 3 saturated carbocycles. The summed E-state index contributed by atoms with van der Waals surface area (Å²) in [7, 11) is 0. The Morgan fingerprint density at radius 3 is 2.65 bits per heavy atom. The lowest BCUT2D eigenvalue weighted by molar-refractivity contribution is -0.142. The van der Waals surface area contributed by atoms with Crippen LogP contribution in [0.4, 0.5) is 0 Å². The van der Waals surface area contributed by atoms with Crippen LogP contribution in [0.1, 0.15) is 72.1 Å². The number of Topliss-reactive ketones (excluding diaryl/α,β-unsaturated/α-hetero) is 1. The number of fused-ring (bicyclic) bond motifs is 5. The third-order valence-corrected chi connectivity index (χ3v) is 8.46. The highest BCUT2D eigenvalue weighted by Crippen LogP contribution is 2.64. The van der Waals surface area contributed by atoms with E-state index in [1.54, 1.807) is 0 Å². The van der Waals surface area contributed by atoms with Crippen LogP contribution >= 0.6 is 0 Å². The molecule has 1 amide bonds. The molecule has 0 aromatic rings. The van der Waals surface area contributed by atoms with Crippen molar-refractivity contribution < 1.29 is 9.59 Å². The fourth-order valence-corrected chi connectivity index (χ4v) is 7.14. The zero-order chi connectivity index (χ0) is 16.4. The summed E-state index contributed by atoms with van der Waals surface area (Å²) in [5.74, 6) is 3.36. The zero-order valence-corrected chi connectivity index (χ0v) is 14.9. The second-order valence-corrected chi connectivity index (χ2v) is 9.25. The average molecular weight is 317 g/mol. The van der Waals surface area contributed by atoms with Gasteiger partial charge in [0.15, 0.2) is 0 Å². The fraction of sp³-hybridized carbons (Fsp3) is 0.900. The average Bonchev–Trinajstić information content (AvgIpc) is 2.79. The maximum Gasteiger partial charge on any atom is 0.220 e. The van der Waals surface area contributed by atoms with Gasteiger partial charge in [-0.15, -0.1) is 0 Å². The van der Waals surface area contributed by atoms with Gasteiger partial charge in [0.1, 0.15) is 5.78 Å². The highest BCUT2D eigenvalue weighted by atomic mass is 16.1. The Balaban J connectivity index is 1.68. The number of ketones is 1. The van der Waals surface area contributed by atoms with Gasteiger partial charge in [-0.05, 0) is 61.2 Å². The molecule has 3 aliphatic carbocycles. The molecule has 0 unspecified atom stereocenters. The first kappa shape index (κ1) is 15.7. The number of hydrogen-bond acceptors (Lipinski definition) is 2. The molecule has 23 heavy (non-hydrogen) atoms. The molecule has 1 heterocycles. The molecule has 3 heteroatoms. The van der Waals surface area contributed by atoms with E-state index >= 15 is 0 Å². The number of hydrogen-bond donors (Lipinski definition) is 1. The molecule has 0 bridgehead atoms. The van der Waals surface area contributed by atoms with E-state index in [9.17, 15) is 9.59 Å². The zero-order valence-electron chi connectivity index (χ0n) is 14.9. The van der Waals surface area contributed by atoms with Crippen LogP contribution in [0.3, 0.4) is 0 Å². The molecule has 1 saturated heterocycles. The lowest BCUT2D eigenvalue weighted by atomic mass is 9.47. The molecule has 0 spiro atoms. The van der Waals surface area contributed by atoms with E-state index in [2.05, 4.69) is 26.1 Å². The Labute approximate surface area is 140 Å². The molecule has 0 aromatic carbocycles. The first-order valence-corrected chi connectivity index (χ1v) is 9.73. The van der Waals surface area contributed by atoms with Crippen molar-refractivity contribution in [3.05, 3.63) is 0 Å². The molecular formula is C20H31NO2. The highest BCUT2D eigenvalue weighted by Gasteiger charge is 2.62. The number of carbonyl (C=O) groups excluding carboxylic acids is 2. The van der Waals surface area contributed by atoms with Crippen LogP contribution < -0.4 is 5.32 Å². The van der Waals surface area contributed by atoms with Crippen LogP contribution in [0.25, 0.3) is 0 Å². The predicted molar refractivity (Wildman–Crippen MR) is 89.7 cm³/mol. The van der Waals surface area contributed by atoms with Gasteiger partial charge >= 0.3 is 0 Å². The van der Waals surface area contributed by atoms with Crippen LogP contribution in [0, 0.1) is 34.5 Å². The summed E-state index contributed by atoms with van der Waals surface area (Å²) in [6.07, 6.45) is 8.26. The maximum absolute atomic E-state index is 12.7. The van der Waals surface area contributed by atoms with Crippen molar-refractivity contribution in [2.75, 3.05) is 0 Å². The Kier molecular flexibility index (Phi) is 3.45. The quantitative estimate of drug-likeness (QED) is 0.801. The Hall–Kier alpha value is -0.860. The minimum absolute atomic E-state index is 0.0526. The highest BCUT2D eigenvalue weighted by molar-refractivity contribution is 5.87. The second kappa shape index (κ2) is 5.07. The normalized spacial score (nSPS) is 52.4. The number of rotatable bonds is 1. The molecule has 7 atom stereocenters. The third kappa shape index (κ3) is 2.01.